The molecule has 0 amide bonds. The number of aliphatic hydroxyl groups excluding tert-OH is 1. The molecule has 0 aliphatic rings. The van der Waals surface area contributed by atoms with Crippen molar-refractivity contribution in [2.75, 3.05) is 0 Å². The Kier molecular flexibility index (Phi) is 2.68. The molecule has 3 nitrogen and oxygen atoms in total. The summed E-state index contributed by atoms with van der Waals surface area (Å²) in [5.74, 6) is -0.246. The average Bonchev–Trinajstić information content (AvgIpc) is 2.09. The second-order valence-corrected chi connectivity index (χ2v) is 2.70. The minimum absolute atomic E-state index is 0.0728. The quantitative estimate of drug-likeness (QED) is 0.686. The molecule has 2 N–H and O–H groups in total. The molecule has 0 unspecified atom stereocenters. The summed E-state index contributed by atoms with van der Waals surface area (Å²) in [6.45, 7) is -0.207. The fourth-order valence-corrected chi connectivity index (χ4v) is 1.11. The molecule has 0 saturated carbocycles. The van der Waals surface area contributed by atoms with Crippen LogP contribution in [0, 0.1) is 0 Å². The number of hydrogen-bond donors (Lipinski definition) is 2. The molecule has 0 spiro atoms. The summed E-state index contributed by atoms with van der Waals surface area (Å²) in [4.78, 5) is 10.3. The molecule has 1 aromatic carbocycles. The van der Waals surface area contributed by atoms with Crippen LogP contribution in [-0.4, -0.2) is 16.5 Å². The van der Waals surface area contributed by atoms with Gasteiger partial charge in [-0.1, -0.05) is 11.6 Å². The molecule has 0 radical (unpaired) electrons. The minimum Gasteiger partial charge on any atom is -0.506 e. The van der Waals surface area contributed by atoms with Gasteiger partial charge in [-0.05, 0) is 17.7 Å². The van der Waals surface area contributed by atoms with Crippen LogP contribution in [0.1, 0.15) is 15.9 Å². The highest BCUT2D eigenvalue weighted by atomic mass is 35.5. The molecule has 64 valence electrons. The van der Waals surface area contributed by atoms with E-state index in [1.807, 2.05) is 0 Å². The molecule has 0 aromatic heterocycles. The van der Waals surface area contributed by atoms with Gasteiger partial charge in [0.2, 0.25) is 0 Å². The Bertz CT molecular complexity index is 309. The normalized spacial score (nSPS) is 9.83. The zero-order chi connectivity index (χ0) is 9.14. The highest BCUT2D eigenvalue weighted by molar-refractivity contribution is 6.32. The number of aliphatic hydroxyl groups is 1. The van der Waals surface area contributed by atoms with Gasteiger partial charge < -0.3 is 10.2 Å². The number of halogens is 1. The summed E-state index contributed by atoms with van der Waals surface area (Å²) < 4.78 is 0. The van der Waals surface area contributed by atoms with Gasteiger partial charge in [-0.15, -0.1) is 0 Å². The van der Waals surface area contributed by atoms with E-state index in [0.717, 1.165) is 0 Å². The lowest BCUT2D eigenvalue weighted by molar-refractivity contribution is 0.112. The smallest absolute Gasteiger partial charge is 0.153 e. The highest BCUT2D eigenvalue weighted by Crippen LogP contribution is 2.27. The van der Waals surface area contributed by atoms with Crippen LogP contribution in [0.4, 0.5) is 0 Å². The summed E-state index contributed by atoms with van der Waals surface area (Å²) in [7, 11) is 0. The summed E-state index contributed by atoms with van der Waals surface area (Å²) in [5, 5.41) is 18.0. The Labute approximate surface area is 74.2 Å². The lowest BCUT2D eigenvalue weighted by Gasteiger charge is -2.02. The fourth-order valence-electron chi connectivity index (χ4n) is 0.860. The Balaban J connectivity index is 3.28. The van der Waals surface area contributed by atoms with Crippen LogP contribution in [0.25, 0.3) is 0 Å². The van der Waals surface area contributed by atoms with Crippen molar-refractivity contribution in [1.29, 1.82) is 0 Å². The Morgan fingerprint density at radius 1 is 1.50 bits per heavy atom. The number of benzene rings is 1. The van der Waals surface area contributed by atoms with E-state index in [-0.39, 0.29) is 22.9 Å². The van der Waals surface area contributed by atoms with Crippen molar-refractivity contribution in [2.45, 2.75) is 6.61 Å². The molecule has 0 aliphatic carbocycles. The van der Waals surface area contributed by atoms with Crippen molar-refractivity contribution >= 4 is 17.9 Å². The zero-order valence-corrected chi connectivity index (χ0v) is 6.88. The largest absolute Gasteiger partial charge is 0.506 e. The van der Waals surface area contributed by atoms with Gasteiger partial charge in [0.05, 0.1) is 17.2 Å². The van der Waals surface area contributed by atoms with E-state index in [1.165, 1.54) is 12.1 Å². The maximum absolute atomic E-state index is 10.3. The monoisotopic (exact) mass is 186 g/mol. The summed E-state index contributed by atoms with van der Waals surface area (Å²) in [6.07, 6.45) is 0.486. The molecular formula is C8H7ClO3. The van der Waals surface area contributed by atoms with Gasteiger partial charge in [0, 0.05) is 0 Å². The van der Waals surface area contributed by atoms with Crippen molar-refractivity contribution in [3.05, 3.63) is 28.3 Å². The summed E-state index contributed by atoms with van der Waals surface area (Å²) in [5.41, 5.74) is 0.589. The molecule has 0 atom stereocenters. The molecular weight excluding hydrogens is 180 g/mol. The van der Waals surface area contributed by atoms with Crippen molar-refractivity contribution in [1.82, 2.24) is 0 Å². The van der Waals surface area contributed by atoms with Crippen molar-refractivity contribution in [2.24, 2.45) is 0 Å². The maximum atomic E-state index is 10.3. The van der Waals surface area contributed by atoms with Crippen molar-refractivity contribution in [3.63, 3.8) is 0 Å². The predicted molar refractivity (Wildman–Crippen MR) is 44.4 cm³/mol. The molecule has 0 bridgehead atoms. The number of carbonyl (C=O) groups is 1. The molecule has 0 saturated heterocycles. The Morgan fingerprint density at radius 2 is 2.17 bits per heavy atom. The number of aromatic hydroxyl groups is 1. The van der Waals surface area contributed by atoms with Crippen LogP contribution in [0.3, 0.4) is 0 Å². The number of carbonyl (C=O) groups excluding carboxylic acids is 1. The first-order valence-corrected chi connectivity index (χ1v) is 3.64. The number of phenols is 1. The molecule has 12 heavy (non-hydrogen) atoms. The third kappa shape index (κ3) is 1.57. The Hall–Kier alpha value is -1.06. The first-order chi connectivity index (χ1) is 5.69. The lowest BCUT2D eigenvalue weighted by atomic mass is 10.1. The topological polar surface area (TPSA) is 57.5 Å². The van der Waals surface area contributed by atoms with E-state index in [2.05, 4.69) is 0 Å². The standard InChI is InChI=1S/C8H7ClO3/c9-7-2-5(3-10)1-6(4-11)8(7)12/h1-2,4,10,12H,3H2. The van der Waals surface area contributed by atoms with Crippen LogP contribution in [-0.2, 0) is 6.61 Å². The van der Waals surface area contributed by atoms with Gasteiger partial charge >= 0.3 is 0 Å². The van der Waals surface area contributed by atoms with Crippen LogP contribution < -0.4 is 0 Å². The first-order valence-electron chi connectivity index (χ1n) is 3.26. The minimum atomic E-state index is -0.246. The average molecular weight is 187 g/mol. The van der Waals surface area contributed by atoms with E-state index in [9.17, 15) is 9.90 Å². The third-order valence-corrected chi connectivity index (χ3v) is 1.75. The number of phenolic OH excluding ortho intramolecular Hbond substituents is 1. The molecule has 0 heterocycles. The van der Waals surface area contributed by atoms with E-state index >= 15 is 0 Å². The highest BCUT2D eigenvalue weighted by Gasteiger charge is 2.06. The van der Waals surface area contributed by atoms with Gasteiger partial charge in [-0.2, -0.15) is 0 Å². The number of hydrogen-bond acceptors (Lipinski definition) is 3. The summed E-state index contributed by atoms with van der Waals surface area (Å²) in [6, 6.07) is 2.79. The first kappa shape index (κ1) is 9.03. The SMILES string of the molecule is O=Cc1cc(CO)cc(Cl)c1O. The number of rotatable bonds is 2. The van der Waals surface area contributed by atoms with Crippen molar-refractivity contribution in [3.8, 4) is 5.75 Å². The van der Waals surface area contributed by atoms with Crippen LogP contribution in [0.15, 0.2) is 12.1 Å². The second kappa shape index (κ2) is 3.56. The number of aldehydes is 1. The summed E-state index contributed by atoms with van der Waals surface area (Å²) >= 11 is 5.56. The van der Waals surface area contributed by atoms with Gasteiger partial charge in [-0.3, -0.25) is 4.79 Å². The van der Waals surface area contributed by atoms with Gasteiger partial charge in [0.25, 0.3) is 0 Å². The Morgan fingerprint density at radius 3 is 2.67 bits per heavy atom. The zero-order valence-electron chi connectivity index (χ0n) is 6.12. The van der Waals surface area contributed by atoms with Crippen LogP contribution in [0.5, 0.6) is 5.75 Å². The van der Waals surface area contributed by atoms with E-state index in [4.69, 9.17) is 16.7 Å². The van der Waals surface area contributed by atoms with Crippen LogP contribution >= 0.6 is 11.6 Å². The van der Waals surface area contributed by atoms with Gasteiger partial charge in [0.1, 0.15) is 5.75 Å². The van der Waals surface area contributed by atoms with Crippen LogP contribution in [0.2, 0.25) is 5.02 Å². The fraction of sp³-hybridized carbons (Fsp3) is 0.125. The van der Waals surface area contributed by atoms with E-state index in [1.54, 1.807) is 0 Å². The van der Waals surface area contributed by atoms with Gasteiger partial charge in [-0.25, -0.2) is 0 Å². The van der Waals surface area contributed by atoms with Gasteiger partial charge in [0.15, 0.2) is 6.29 Å². The molecule has 1 aromatic rings. The lowest BCUT2D eigenvalue weighted by Crippen LogP contribution is -1.88. The van der Waals surface area contributed by atoms with Crippen molar-refractivity contribution < 1.29 is 15.0 Å². The van der Waals surface area contributed by atoms with E-state index < -0.39 is 0 Å². The second-order valence-electron chi connectivity index (χ2n) is 2.29. The van der Waals surface area contributed by atoms with E-state index in [0.29, 0.717) is 11.8 Å². The third-order valence-electron chi connectivity index (χ3n) is 1.46. The molecule has 0 fully saturated rings. The molecule has 0 aliphatic heterocycles. The molecule has 4 heteroatoms. The molecule has 1 rings (SSSR count). The predicted octanol–water partition coefficient (Wildman–Crippen LogP) is 1.35. The maximum Gasteiger partial charge on any atom is 0.153 e.